The summed E-state index contributed by atoms with van der Waals surface area (Å²) in [6.45, 7) is 1.25. The van der Waals surface area contributed by atoms with Gasteiger partial charge in [0.15, 0.2) is 0 Å². The monoisotopic (exact) mass is 398 g/mol. The number of thiophene rings is 1. The van der Waals surface area contributed by atoms with Gasteiger partial charge in [0, 0.05) is 38.7 Å². The van der Waals surface area contributed by atoms with Crippen molar-refractivity contribution in [2.75, 3.05) is 34.4 Å². The van der Waals surface area contributed by atoms with Crippen molar-refractivity contribution in [3.63, 3.8) is 0 Å². The van der Waals surface area contributed by atoms with Crippen molar-refractivity contribution in [2.45, 2.75) is 23.6 Å². The van der Waals surface area contributed by atoms with Crippen molar-refractivity contribution >= 4 is 37.3 Å². The molecule has 6 nitrogen and oxygen atoms in total. The van der Waals surface area contributed by atoms with Crippen LogP contribution >= 0.6 is 27.3 Å². The van der Waals surface area contributed by atoms with Crippen molar-refractivity contribution in [3.8, 4) is 0 Å². The number of hydrogen-bond donors (Lipinski definition) is 1. The molecule has 2 rings (SSSR count). The van der Waals surface area contributed by atoms with Crippen LogP contribution in [0.1, 0.15) is 4.88 Å². The number of hydrogen-bond acceptors (Lipinski definition) is 6. The average molecular weight is 399 g/mol. The quantitative estimate of drug-likeness (QED) is 0.780. The summed E-state index contributed by atoms with van der Waals surface area (Å²) >= 11 is 4.78. The van der Waals surface area contributed by atoms with Crippen molar-refractivity contribution < 1.29 is 17.9 Å². The van der Waals surface area contributed by atoms with Gasteiger partial charge in [-0.25, -0.2) is 8.42 Å². The molecular formula is C12H19BrN2O4S2. The third-order valence-electron chi connectivity index (χ3n) is 3.46. The largest absolute Gasteiger partial charge is 0.377 e. The molecular weight excluding hydrogens is 380 g/mol. The van der Waals surface area contributed by atoms with Gasteiger partial charge in [-0.15, -0.1) is 11.3 Å². The standard InChI is InChI=1S/C12H19BrN2O4S2/c1-14-5-8-4-11(12(13)20-8)21(16,17)15-6-9(18-2)10(7-15)19-3/h4,9-10,14H,5-7H2,1-3H3. The maximum absolute atomic E-state index is 12.8. The van der Waals surface area contributed by atoms with E-state index in [1.807, 2.05) is 7.05 Å². The van der Waals surface area contributed by atoms with Crippen LogP contribution in [0.15, 0.2) is 14.7 Å². The minimum absolute atomic E-state index is 0.237. The molecule has 0 radical (unpaired) electrons. The number of methoxy groups -OCH3 is 2. The van der Waals surface area contributed by atoms with Crippen LogP contribution in [-0.2, 0) is 26.0 Å². The van der Waals surface area contributed by atoms with Gasteiger partial charge in [0.1, 0.15) is 4.90 Å². The molecule has 2 unspecified atom stereocenters. The second kappa shape index (κ2) is 7.03. The van der Waals surface area contributed by atoms with Crippen LogP contribution in [0.5, 0.6) is 0 Å². The van der Waals surface area contributed by atoms with E-state index in [9.17, 15) is 8.42 Å². The van der Waals surface area contributed by atoms with E-state index in [0.29, 0.717) is 28.3 Å². The topological polar surface area (TPSA) is 67.9 Å². The van der Waals surface area contributed by atoms with Crippen LogP contribution in [0.4, 0.5) is 0 Å². The Kier molecular flexibility index (Phi) is 5.80. The Bertz CT molecular complexity index is 578. The Balaban J connectivity index is 2.26. The molecule has 21 heavy (non-hydrogen) atoms. The molecule has 0 aliphatic carbocycles. The summed E-state index contributed by atoms with van der Waals surface area (Å²) in [4.78, 5) is 1.28. The zero-order valence-corrected chi connectivity index (χ0v) is 15.3. The second-order valence-electron chi connectivity index (χ2n) is 4.75. The summed E-state index contributed by atoms with van der Waals surface area (Å²) in [6.07, 6.45) is -0.474. The van der Waals surface area contributed by atoms with E-state index >= 15 is 0 Å². The SMILES string of the molecule is CNCc1cc(S(=O)(=O)N2CC(OC)C(OC)C2)c(Br)s1. The van der Waals surface area contributed by atoms with Crippen molar-refractivity contribution in [2.24, 2.45) is 0 Å². The number of ether oxygens (including phenoxy) is 2. The Hall–Kier alpha value is -0.0300. The first-order chi connectivity index (χ1) is 9.93. The van der Waals surface area contributed by atoms with Crippen molar-refractivity contribution in [3.05, 3.63) is 14.7 Å². The molecule has 1 aliphatic heterocycles. The van der Waals surface area contributed by atoms with E-state index in [1.54, 1.807) is 20.3 Å². The predicted molar refractivity (Wildman–Crippen MR) is 85.1 cm³/mol. The molecule has 0 spiro atoms. The lowest BCUT2D eigenvalue weighted by molar-refractivity contribution is -0.00461. The maximum atomic E-state index is 12.8. The lowest BCUT2D eigenvalue weighted by Crippen LogP contribution is -2.30. The Morgan fingerprint density at radius 3 is 2.43 bits per heavy atom. The Morgan fingerprint density at radius 1 is 1.38 bits per heavy atom. The van der Waals surface area contributed by atoms with Gasteiger partial charge in [-0.2, -0.15) is 4.31 Å². The fourth-order valence-electron chi connectivity index (χ4n) is 2.33. The van der Waals surface area contributed by atoms with E-state index in [4.69, 9.17) is 9.47 Å². The first-order valence-corrected chi connectivity index (χ1v) is 9.47. The third kappa shape index (κ3) is 3.49. The fraction of sp³-hybridized carbons (Fsp3) is 0.667. The van der Waals surface area contributed by atoms with Gasteiger partial charge in [-0.05, 0) is 29.0 Å². The van der Waals surface area contributed by atoms with Crippen LogP contribution in [-0.4, -0.2) is 59.3 Å². The summed E-state index contributed by atoms with van der Waals surface area (Å²) in [5.41, 5.74) is 0. The first-order valence-electron chi connectivity index (χ1n) is 6.42. The van der Waals surface area contributed by atoms with E-state index in [0.717, 1.165) is 4.88 Å². The average Bonchev–Trinajstić information content (AvgIpc) is 3.03. The summed E-state index contributed by atoms with van der Waals surface area (Å²) < 4.78 is 38.2. The summed E-state index contributed by atoms with van der Waals surface area (Å²) in [5.74, 6) is 0. The lowest BCUT2D eigenvalue weighted by atomic mass is 10.3. The molecule has 120 valence electrons. The molecule has 1 aromatic rings. The Labute approximate surface area is 137 Å². The van der Waals surface area contributed by atoms with Crippen molar-refractivity contribution in [1.29, 1.82) is 0 Å². The summed E-state index contributed by atoms with van der Waals surface area (Å²) in [6, 6.07) is 1.71. The van der Waals surface area contributed by atoms with E-state index < -0.39 is 10.0 Å². The Morgan fingerprint density at radius 2 is 1.95 bits per heavy atom. The van der Waals surface area contributed by atoms with Crippen LogP contribution in [0.2, 0.25) is 0 Å². The van der Waals surface area contributed by atoms with Gasteiger partial charge in [0.2, 0.25) is 10.0 Å². The van der Waals surface area contributed by atoms with Crippen molar-refractivity contribution in [1.82, 2.24) is 9.62 Å². The van der Waals surface area contributed by atoms with E-state index in [1.165, 1.54) is 15.6 Å². The molecule has 1 fully saturated rings. The van der Waals surface area contributed by atoms with Gasteiger partial charge in [-0.1, -0.05) is 0 Å². The number of nitrogens with zero attached hydrogens (tertiary/aromatic N) is 1. The molecule has 0 aromatic carbocycles. The zero-order valence-electron chi connectivity index (χ0n) is 12.1. The third-order valence-corrected chi connectivity index (χ3v) is 7.55. The highest BCUT2D eigenvalue weighted by Crippen LogP contribution is 2.35. The smallest absolute Gasteiger partial charge is 0.245 e. The zero-order chi connectivity index (χ0) is 15.6. The maximum Gasteiger partial charge on any atom is 0.245 e. The van der Waals surface area contributed by atoms with Gasteiger partial charge in [-0.3, -0.25) is 0 Å². The minimum atomic E-state index is -3.54. The van der Waals surface area contributed by atoms with Gasteiger partial charge in [0.25, 0.3) is 0 Å². The summed E-state index contributed by atoms with van der Waals surface area (Å²) in [5, 5.41) is 3.02. The van der Waals surface area contributed by atoms with Gasteiger partial charge in [0.05, 0.1) is 16.0 Å². The minimum Gasteiger partial charge on any atom is -0.377 e. The van der Waals surface area contributed by atoms with Gasteiger partial charge < -0.3 is 14.8 Å². The van der Waals surface area contributed by atoms with Crippen LogP contribution in [0, 0.1) is 0 Å². The molecule has 0 amide bonds. The molecule has 2 heterocycles. The van der Waals surface area contributed by atoms with Gasteiger partial charge >= 0.3 is 0 Å². The van der Waals surface area contributed by atoms with E-state index in [2.05, 4.69) is 21.2 Å². The molecule has 0 bridgehead atoms. The second-order valence-corrected chi connectivity index (χ2v) is 9.11. The molecule has 1 aromatic heterocycles. The number of sulfonamides is 1. The number of rotatable bonds is 6. The highest BCUT2D eigenvalue weighted by molar-refractivity contribution is 9.11. The molecule has 9 heteroatoms. The fourth-order valence-corrected chi connectivity index (χ4v) is 6.44. The predicted octanol–water partition coefficient (Wildman–Crippen LogP) is 1.26. The molecule has 1 saturated heterocycles. The van der Waals surface area contributed by atoms with Crippen LogP contribution in [0.25, 0.3) is 0 Å². The molecule has 2 atom stereocenters. The highest BCUT2D eigenvalue weighted by Gasteiger charge is 2.40. The lowest BCUT2D eigenvalue weighted by Gasteiger charge is -2.15. The molecule has 1 N–H and O–H groups in total. The highest BCUT2D eigenvalue weighted by atomic mass is 79.9. The molecule has 1 aliphatic rings. The molecule has 0 saturated carbocycles. The van der Waals surface area contributed by atoms with Crippen LogP contribution < -0.4 is 5.32 Å². The normalized spacial score (nSPS) is 23.8. The summed E-state index contributed by atoms with van der Waals surface area (Å²) in [7, 11) is 1.42. The van der Waals surface area contributed by atoms with E-state index in [-0.39, 0.29) is 12.2 Å². The number of halogens is 1. The first kappa shape index (κ1) is 17.3. The number of nitrogens with one attached hydrogen (secondary N) is 1. The van der Waals surface area contributed by atoms with Crippen LogP contribution in [0.3, 0.4) is 0 Å².